The second-order valence-electron chi connectivity index (χ2n) is 5.87. The number of anilines is 1. The number of hydrogen-bond acceptors (Lipinski definition) is 5. The summed E-state index contributed by atoms with van der Waals surface area (Å²) >= 11 is 1.12. The van der Waals surface area contributed by atoms with Gasteiger partial charge in [0, 0.05) is 22.8 Å². The van der Waals surface area contributed by atoms with Crippen LogP contribution in [0.15, 0.2) is 46.7 Å². The van der Waals surface area contributed by atoms with E-state index in [1.54, 1.807) is 18.4 Å². The maximum Gasteiger partial charge on any atom is 0.257 e. The molecule has 0 aliphatic rings. The lowest BCUT2D eigenvalue weighted by Crippen LogP contribution is -2.14. The van der Waals surface area contributed by atoms with E-state index in [-0.39, 0.29) is 15.6 Å². The van der Waals surface area contributed by atoms with E-state index in [9.17, 15) is 22.0 Å². The third kappa shape index (κ3) is 4.20. The molecule has 140 valence electrons. The van der Waals surface area contributed by atoms with E-state index in [0.29, 0.717) is 16.8 Å². The van der Waals surface area contributed by atoms with E-state index >= 15 is 0 Å². The van der Waals surface area contributed by atoms with Crippen molar-refractivity contribution in [2.45, 2.75) is 11.8 Å². The number of aromatic nitrogens is 1. The van der Waals surface area contributed by atoms with Crippen LogP contribution in [0.4, 0.5) is 13.9 Å². The number of amides is 1. The van der Waals surface area contributed by atoms with Crippen molar-refractivity contribution < 1.29 is 22.0 Å². The maximum absolute atomic E-state index is 13.4. The molecular weight excluding hydrogens is 394 g/mol. The third-order valence-corrected chi connectivity index (χ3v) is 5.69. The first-order valence-corrected chi connectivity index (χ1v) is 10.5. The smallest absolute Gasteiger partial charge is 0.257 e. The van der Waals surface area contributed by atoms with Crippen LogP contribution in [0, 0.1) is 18.6 Å². The third-order valence-electron chi connectivity index (χ3n) is 3.82. The Morgan fingerprint density at radius 1 is 1.11 bits per heavy atom. The van der Waals surface area contributed by atoms with Crippen LogP contribution in [0.25, 0.3) is 11.3 Å². The number of nitrogens with zero attached hydrogens (tertiary/aromatic N) is 1. The first-order valence-electron chi connectivity index (χ1n) is 7.68. The summed E-state index contributed by atoms with van der Waals surface area (Å²) in [4.78, 5) is 16.7. The molecular formula is C18H14F2N2O3S2. The highest BCUT2D eigenvalue weighted by Crippen LogP contribution is 2.27. The molecule has 1 N–H and O–H groups in total. The first kappa shape index (κ1) is 19.1. The molecule has 0 spiro atoms. The lowest BCUT2D eigenvalue weighted by atomic mass is 10.1. The van der Waals surface area contributed by atoms with Gasteiger partial charge in [-0.15, -0.1) is 11.3 Å². The predicted molar refractivity (Wildman–Crippen MR) is 99.7 cm³/mol. The molecule has 27 heavy (non-hydrogen) atoms. The minimum absolute atomic E-state index is 0.0415. The highest BCUT2D eigenvalue weighted by molar-refractivity contribution is 7.90. The highest BCUT2D eigenvalue weighted by atomic mass is 32.2. The van der Waals surface area contributed by atoms with Crippen LogP contribution in [0.2, 0.25) is 0 Å². The zero-order valence-electron chi connectivity index (χ0n) is 14.3. The molecule has 0 radical (unpaired) electrons. The molecule has 5 nitrogen and oxygen atoms in total. The lowest BCUT2D eigenvalue weighted by molar-refractivity contribution is 0.102. The van der Waals surface area contributed by atoms with Crippen molar-refractivity contribution in [2.75, 3.05) is 11.6 Å². The standard InChI is InChI=1S/C18H14F2N2O3S2/c1-10-3-5-12(27(2,24)25)8-13(10)17(23)22-18-21-16(9-26-18)11-4-6-14(19)15(20)7-11/h3-9H,1-2H3,(H,21,22,23). The average molecular weight is 408 g/mol. The monoisotopic (exact) mass is 408 g/mol. The number of carbonyl (C=O) groups excluding carboxylic acids is 1. The summed E-state index contributed by atoms with van der Waals surface area (Å²) in [6.45, 7) is 1.69. The molecule has 1 aromatic heterocycles. The van der Waals surface area contributed by atoms with Gasteiger partial charge in [0.1, 0.15) is 0 Å². The summed E-state index contributed by atoms with van der Waals surface area (Å²) < 4.78 is 49.8. The van der Waals surface area contributed by atoms with Crippen molar-refractivity contribution in [1.82, 2.24) is 4.98 Å². The van der Waals surface area contributed by atoms with Crippen molar-refractivity contribution in [3.8, 4) is 11.3 Å². The molecule has 0 bridgehead atoms. The maximum atomic E-state index is 13.4. The Labute approximate surface area is 158 Å². The molecule has 2 aromatic carbocycles. The summed E-state index contributed by atoms with van der Waals surface area (Å²) in [6.07, 6.45) is 1.06. The summed E-state index contributed by atoms with van der Waals surface area (Å²) in [5.74, 6) is -2.45. The Hall–Kier alpha value is -2.65. The number of sulfone groups is 1. The van der Waals surface area contributed by atoms with Gasteiger partial charge in [-0.25, -0.2) is 22.2 Å². The topological polar surface area (TPSA) is 76.1 Å². The molecule has 3 rings (SSSR count). The number of benzene rings is 2. The van der Waals surface area contributed by atoms with Gasteiger partial charge in [0.05, 0.1) is 10.6 Å². The minimum Gasteiger partial charge on any atom is -0.298 e. The van der Waals surface area contributed by atoms with Crippen LogP contribution in [0.3, 0.4) is 0 Å². The van der Waals surface area contributed by atoms with Crippen LogP contribution in [0.5, 0.6) is 0 Å². The number of thiazole rings is 1. The molecule has 0 aliphatic carbocycles. The van der Waals surface area contributed by atoms with Gasteiger partial charge in [-0.05, 0) is 42.8 Å². The van der Waals surface area contributed by atoms with Crippen molar-refractivity contribution in [1.29, 1.82) is 0 Å². The van der Waals surface area contributed by atoms with E-state index in [0.717, 1.165) is 29.7 Å². The van der Waals surface area contributed by atoms with Crippen LogP contribution >= 0.6 is 11.3 Å². The second-order valence-corrected chi connectivity index (χ2v) is 8.74. The Balaban J connectivity index is 1.85. The summed E-state index contributed by atoms with van der Waals surface area (Å²) in [5, 5.41) is 4.45. The molecule has 0 saturated heterocycles. The van der Waals surface area contributed by atoms with Gasteiger partial charge in [0.25, 0.3) is 5.91 Å². The number of aryl methyl sites for hydroxylation is 1. The first-order chi connectivity index (χ1) is 12.6. The highest BCUT2D eigenvalue weighted by Gasteiger charge is 2.16. The number of halogens is 2. The van der Waals surface area contributed by atoms with Gasteiger partial charge < -0.3 is 0 Å². The molecule has 9 heteroatoms. The van der Waals surface area contributed by atoms with E-state index in [2.05, 4.69) is 10.3 Å². The van der Waals surface area contributed by atoms with E-state index in [1.165, 1.54) is 18.2 Å². The Morgan fingerprint density at radius 2 is 1.85 bits per heavy atom. The molecule has 0 aliphatic heterocycles. The molecule has 1 heterocycles. The quantitative estimate of drug-likeness (QED) is 0.707. The van der Waals surface area contributed by atoms with Gasteiger partial charge in [0.15, 0.2) is 26.6 Å². The summed E-state index contributed by atoms with van der Waals surface area (Å²) in [6, 6.07) is 7.71. The molecule has 1 amide bonds. The van der Waals surface area contributed by atoms with Crippen molar-refractivity contribution >= 4 is 32.2 Å². The van der Waals surface area contributed by atoms with Crippen molar-refractivity contribution in [2.24, 2.45) is 0 Å². The Kier molecular flexibility index (Phi) is 5.07. The Morgan fingerprint density at radius 3 is 2.52 bits per heavy atom. The predicted octanol–water partition coefficient (Wildman–Crippen LogP) is 4.05. The molecule has 0 saturated carbocycles. The summed E-state index contributed by atoms with van der Waals surface area (Å²) in [5.41, 5.74) is 1.58. The van der Waals surface area contributed by atoms with Gasteiger partial charge >= 0.3 is 0 Å². The fourth-order valence-corrected chi connectivity index (χ4v) is 3.72. The van der Waals surface area contributed by atoms with Gasteiger partial charge in [-0.1, -0.05) is 6.07 Å². The van der Waals surface area contributed by atoms with Crippen LogP contribution in [-0.4, -0.2) is 25.6 Å². The lowest BCUT2D eigenvalue weighted by Gasteiger charge is -2.07. The zero-order valence-corrected chi connectivity index (χ0v) is 15.9. The zero-order chi connectivity index (χ0) is 19.8. The van der Waals surface area contributed by atoms with Gasteiger partial charge in [-0.3, -0.25) is 10.1 Å². The Bertz CT molecular complexity index is 1140. The van der Waals surface area contributed by atoms with Gasteiger partial charge in [-0.2, -0.15) is 0 Å². The van der Waals surface area contributed by atoms with Crippen LogP contribution in [-0.2, 0) is 9.84 Å². The minimum atomic E-state index is -3.45. The fourth-order valence-electron chi connectivity index (χ4n) is 2.36. The SMILES string of the molecule is Cc1ccc(S(C)(=O)=O)cc1C(=O)Nc1nc(-c2ccc(F)c(F)c2)cs1. The average Bonchev–Trinajstić information content (AvgIpc) is 3.05. The normalized spacial score (nSPS) is 11.4. The molecule has 0 fully saturated rings. The fraction of sp³-hybridized carbons (Fsp3) is 0.111. The van der Waals surface area contributed by atoms with E-state index < -0.39 is 27.4 Å². The second kappa shape index (κ2) is 7.16. The molecule has 3 aromatic rings. The largest absolute Gasteiger partial charge is 0.298 e. The van der Waals surface area contributed by atoms with Crippen LogP contribution in [0.1, 0.15) is 15.9 Å². The molecule has 0 unspecified atom stereocenters. The van der Waals surface area contributed by atoms with Crippen molar-refractivity contribution in [3.05, 3.63) is 64.5 Å². The van der Waals surface area contributed by atoms with E-state index in [4.69, 9.17) is 0 Å². The van der Waals surface area contributed by atoms with Crippen molar-refractivity contribution in [3.63, 3.8) is 0 Å². The number of carbonyl (C=O) groups is 1. The number of nitrogens with one attached hydrogen (secondary N) is 1. The number of rotatable bonds is 4. The van der Waals surface area contributed by atoms with Gasteiger partial charge in [0.2, 0.25) is 0 Å². The molecule has 0 atom stereocenters. The van der Waals surface area contributed by atoms with Crippen LogP contribution < -0.4 is 5.32 Å². The summed E-state index contributed by atoms with van der Waals surface area (Å²) in [7, 11) is -3.45. The number of hydrogen-bond donors (Lipinski definition) is 1. The van der Waals surface area contributed by atoms with E-state index in [1.807, 2.05) is 0 Å².